The fourth-order valence-electron chi connectivity index (χ4n) is 1.94. The van der Waals surface area contributed by atoms with Gasteiger partial charge in [-0.3, -0.25) is 4.79 Å². The molecule has 0 heterocycles. The summed E-state index contributed by atoms with van der Waals surface area (Å²) < 4.78 is 0.735. The third kappa shape index (κ3) is 3.84. The number of rotatable bonds is 4. The lowest BCUT2D eigenvalue weighted by Gasteiger charge is -2.30. The van der Waals surface area contributed by atoms with E-state index >= 15 is 0 Å². The highest BCUT2D eigenvalue weighted by Crippen LogP contribution is 2.33. The predicted molar refractivity (Wildman–Crippen MR) is 87.3 cm³/mol. The van der Waals surface area contributed by atoms with Crippen molar-refractivity contribution in [1.29, 1.82) is 0 Å². The van der Waals surface area contributed by atoms with Crippen LogP contribution < -0.4 is 5.32 Å². The van der Waals surface area contributed by atoms with Gasteiger partial charge in [-0.2, -0.15) is 0 Å². The van der Waals surface area contributed by atoms with Crippen molar-refractivity contribution in [2.24, 2.45) is 0 Å². The maximum atomic E-state index is 12.2. The van der Waals surface area contributed by atoms with Crippen LogP contribution in [0.3, 0.4) is 0 Å². The van der Waals surface area contributed by atoms with Gasteiger partial charge in [-0.1, -0.05) is 63.9 Å². The van der Waals surface area contributed by atoms with Gasteiger partial charge in [0.1, 0.15) is 11.1 Å². The van der Waals surface area contributed by atoms with Crippen molar-refractivity contribution < 1.29 is 9.90 Å². The van der Waals surface area contributed by atoms with Crippen LogP contribution in [0.25, 0.3) is 0 Å². The number of aliphatic hydroxyl groups excluding tert-OH is 1. The van der Waals surface area contributed by atoms with Gasteiger partial charge in [0.25, 0.3) is 5.91 Å². The summed E-state index contributed by atoms with van der Waals surface area (Å²) in [5.74, 6) is -0.334. The molecule has 110 valence electrons. The Bertz CT molecular complexity index is 631. The average Bonchev–Trinajstić information content (AvgIpc) is 2.47. The Balaban J connectivity index is 2.18. The molecule has 2 unspecified atom stereocenters. The molecule has 2 atom stereocenters. The lowest BCUT2D eigenvalue weighted by Crippen LogP contribution is -2.46. The van der Waals surface area contributed by atoms with Crippen LogP contribution in [0.2, 0.25) is 0 Å². The van der Waals surface area contributed by atoms with E-state index in [4.69, 9.17) is 11.6 Å². The van der Waals surface area contributed by atoms with Crippen LogP contribution in [0.15, 0.2) is 59.1 Å². The number of carbonyl (C=O) groups is 1. The lowest BCUT2D eigenvalue weighted by atomic mass is 10.0. The highest BCUT2D eigenvalue weighted by molar-refractivity contribution is 9.10. The second-order valence-corrected chi connectivity index (χ2v) is 6.46. The number of benzene rings is 2. The summed E-state index contributed by atoms with van der Waals surface area (Å²) in [7, 11) is 0. The van der Waals surface area contributed by atoms with Crippen molar-refractivity contribution in [3.63, 3.8) is 0 Å². The number of alkyl halides is 1. The van der Waals surface area contributed by atoms with E-state index in [1.54, 1.807) is 43.3 Å². The molecule has 1 amide bonds. The van der Waals surface area contributed by atoms with Gasteiger partial charge in [0.2, 0.25) is 0 Å². The van der Waals surface area contributed by atoms with Gasteiger partial charge in [-0.25, -0.2) is 0 Å². The van der Waals surface area contributed by atoms with Crippen molar-refractivity contribution in [2.75, 3.05) is 0 Å². The summed E-state index contributed by atoms with van der Waals surface area (Å²) >= 11 is 9.70. The van der Waals surface area contributed by atoms with Crippen molar-refractivity contribution >= 4 is 33.4 Å². The molecular formula is C16H15BrClNO2. The third-order valence-corrected chi connectivity index (χ3v) is 4.13. The van der Waals surface area contributed by atoms with E-state index in [0.29, 0.717) is 11.1 Å². The fourth-order valence-corrected chi connectivity index (χ4v) is 2.65. The summed E-state index contributed by atoms with van der Waals surface area (Å²) in [5.41, 5.74) is 1.10. The topological polar surface area (TPSA) is 49.3 Å². The molecule has 0 aliphatic rings. The molecule has 0 radical (unpaired) electrons. The maximum absolute atomic E-state index is 12.2. The standard InChI is InChI=1S/C16H15BrClNO2/c1-16(18,14(20)12-9-5-6-10-13(12)17)19-15(21)11-7-3-2-4-8-11/h2-10,14,20H,1H3,(H,19,21). The molecule has 2 rings (SSSR count). The molecule has 0 bridgehead atoms. The van der Waals surface area contributed by atoms with E-state index in [-0.39, 0.29) is 5.91 Å². The smallest absolute Gasteiger partial charge is 0.252 e. The van der Waals surface area contributed by atoms with Gasteiger partial charge >= 0.3 is 0 Å². The molecule has 5 heteroatoms. The molecule has 0 saturated carbocycles. The zero-order chi connectivity index (χ0) is 15.5. The van der Waals surface area contributed by atoms with Crippen molar-refractivity contribution in [1.82, 2.24) is 5.32 Å². The first-order valence-electron chi connectivity index (χ1n) is 6.41. The fraction of sp³-hybridized carbons (Fsp3) is 0.188. The molecular weight excluding hydrogens is 354 g/mol. The van der Waals surface area contributed by atoms with Crippen LogP contribution in [0.1, 0.15) is 28.9 Å². The van der Waals surface area contributed by atoms with Crippen LogP contribution in [0, 0.1) is 0 Å². The molecule has 3 nitrogen and oxygen atoms in total. The summed E-state index contributed by atoms with van der Waals surface area (Å²) in [6, 6.07) is 15.9. The van der Waals surface area contributed by atoms with Gasteiger partial charge < -0.3 is 10.4 Å². The molecule has 2 N–H and O–H groups in total. The molecule has 0 saturated heterocycles. The van der Waals surface area contributed by atoms with Gasteiger partial charge in [0, 0.05) is 10.0 Å². The summed E-state index contributed by atoms with van der Waals surface area (Å²) in [5, 5.41) is 13.1. The van der Waals surface area contributed by atoms with Crippen LogP contribution >= 0.6 is 27.5 Å². The Hall–Kier alpha value is -1.36. The van der Waals surface area contributed by atoms with Gasteiger partial charge in [-0.05, 0) is 30.7 Å². The Morgan fingerprint density at radius 2 is 1.76 bits per heavy atom. The minimum absolute atomic E-state index is 0.334. The van der Waals surface area contributed by atoms with E-state index in [0.717, 1.165) is 4.47 Å². The Kier molecular flexibility index (Phi) is 5.04. The summed E-state index contributed by atoms with van der Waals surface area (Å²) in [6.07, 6.45) is -1.05. The van der Waals surface area contributed by atoms with Crippen LogP contribution in [0.5, 0.6) is 0 Å². The normalized spacial score (nSPS) is 15.0. The van der Waals surface area contributed by atoms with Crippen molar-refractivity contribution in [3.05, 3.63) is 70.2 Å². The van der Waals surface area contributed by atoms with E-state index in [1.165, 1.54) is 0 Å². The molecule has 21 heavy (non-hydrogen) atoms. The van der Waals surface area contributed by atoms with Crippen LogP contribution in [-0.2, 0) is 0 Å². The first-order chi connectivity index (χ1) is 9.92. The largest absolute Gasteiger partial charge is 0.385 e. The highest BCUT2D eigenvalue weighted by atomic mass is 79.9. The SMILES string of the molecule is CC(Cl)(NC(=O)c1ccccc1)C(O)c1ccccc1Br. The molecule has 2 aromatic rings. The minimum atomic E-state index is -1.32. The number of hydrogen-bond acceptors (Lipinski definition) is 2. The number of amides is 1. The monoisotopic (exact) mass is 367 g/mol. The lowest BCUT2D eigenvalue weighted by molar-refractivity contribution is 0.0792. The minimum Gasteiger partial charge on any atom is -0.385 e. The Morgan fingerprint density at radius 3 is 2.38 bits per heavy atom. The van der Waals surface area contributed by atoms with Gasteiger partial charge in [0.05, 0.1) is 0 Å². The van der Waals surface area contributed by atoms with Gasteiger partial charge in [-0.15, -0.1) is 0 Å². The Morgan fingerprint density at radius 1 is 1.19 bits per heavy atom. The van der Waals surface area contributed by atoms with E-state index in [9.17, 15) is 9.90 Å². The molecule has 0 aliphatic carbocycles. The first kappa shape index (κ1) is 16.0. The van der Waals surface area contributed by atoms with E-state index < -0.39 is 11.1 Å². The number of nitrogens with one attached hydrogen (secondary N) is 1. The van der Waals surface area contributed by atoms with Gasteiger partial charge in [0.15, 0.2) is 0 Å². The average molecular weight is 369 g/mol. The molecule has 0 fully saturated rings. The Labute approximate surface area is 137 Å². The molecule has 2 aromatic carbocycles. The zero-order valence-electron chi connectivity index (χ0n) is 11.4. The number of aliphatic hydroxyl groups is 1. The maximum Gasteiger partial charge on any atom is 0.252 e. The molecule has 0 aliphatic heterocycles. The second kappa shape index (κ2) is 6.60. The molecule has 0 aromatic heterocycles. The number of halogens is 2. The summed E-state index contributed by atoms with van der Waals surface area (Å²) in [4.78, 5) is 10.8. The van der Waals surface area contributed by atoms with E-state index in [2.05, 4.69) is 21.2 Å². The van der Waals surface area contributed by atoms with Crippen molar-refractivity contribution in [3.8, 4) is 0 Å². The van der Waals surface area contributed by atoms with Crippen LogP contribution in [-0.4, -0.2) is 16.0 Å². The summed E-state index contributed by atoms with van der Waals surface area (Å²) in [6.45, 7) is 1.57. The van der Waals surface area contributed by atoms with E-state index in [1.807, 2.05) is 18.2 Å². The quantitative estimate of drug-likeness (QED) is 0.636. The third-order valence-electron chi connectivity index (χ3n) is 3.11. The number of carbonyl (C=O) groups excluding carboxylic acids is 1. The van der Waals surface area contributed by atoms with Crippen molar-refractivity contribution in [2.45, 2.75) is 18.0 Å². The molecule has 0 spiro atoms. The predicted octanol–water partition coefficient (Wildman–Crippen LogP) is 3.87. The zero-order valence-corrected chi connectivity index (χ0v) is 13.7. The van der Waals surface area contributed by atoms with Crippen LogP contribution in [0.4, 0.5) is 0 Å². The number of hydrogen-bond donors (Lipinski definition) is 2. The first-order valence-corrected chi connectivity index (χ1v) is 7.58. The second-order valence-electron chi connectivity index (χ2n) is 4.82. The highest BCUT2D eigenvalue weighted by Gasteiger charge is 2.34.